The van der Waals surface area contributed by atoms with Gasteiger partial charge in [0.1, 0.15) is 11.5 Å². The summed E-state index contributed by atoms with van der Waals surface area (Å²) in [6.45, 7) is 4.87. The average Bonchev–Trinajstić information content (AvgIpc) is 3.30. The molecule has 4 rings (SSSR count). The van der Waals surface area contributed by atoms with Gasteiger partial charge in [-0.25, -0.2) is 0 Å². The summed E-state index contributed by atoms with van der Waals surface area (Å²) in [6, 6.07) is 5.43. The number of amides is 2. The van der Waals surface area contributed by atoms with Crippen LogP contribution in [0.5, 0.6) is 11.5 Å². The van der Waals surface area contributed by atoms with Gasteiger partial charge in [-0.2, -0.15) is 10.1 Å². The van der Waals surface area contributed by atoms with E-state index < -0.39 is 0 Å². The lowest BCUT2D eigenvalue weighted by molar-refractivity contribution is -0.140. The summed E-state index contributed by atoms with van der Waals surface area (Å²) in [7, 11) is 0. The number of carbonyl (C=O) groups is 2. The third kappa shape index (κ3) is 2.60. The van der Waals surface area contributed by atoms with E-state index in [1.807, 2.05) is 26.0 Å². The maximum Gasteiger partial charge on any atom is 0.254 e. The quantitative estimate of drug-likeness (QED) is 0.447. The summed E-state index contributed by atoms with van der Waals surface area (Å²) >= 11 is 0. The fourth-order valence-electron chi connectivity index (χ4n) is 4.28. The second-order valence-electron chi connectivity index (χ2n) is 6.80. The minimum absolute atomic E-state index is 0.183. The lowest BCUT2D eigenvalue weighted by Gasteiger charge is -2.13. The van der Waals surface area contributed by atoms with Crippen molar-refractivity contribution in [1.82, 2.24) is 5.01 Å². The zero-order valence-corrected chi connectivity index (χ0v) is 14.9. The molecule has 2 aliphatic carbocycles. The molecular formula is C20H22N2O4. The van der Waals surface area contributed by atoms with Crippen LogP contribution in [0.4, 0.5) is 0 Å². The molecule has 136 valence electrons. The highest BCUT2D eigenvalue weighted by Gasteiger charge is 2.59. The van der Waals surface area contributed by atoms with Crippen LogP contribution in [-0.2, 0) is 9.59 Å². The summed E-state index contributed by atoms with van der Waals surface area (Å²) < 4.78 is 11.1. The summed E-state index contributed by atoms with van der Waals surface area (Å²) in [4.78, 5) is 25.3. The van der Waals surface area contributed by atoms with Gasteiger partial charge in [-0.1, -0.05) is 12.2 Å². The molecule has 26 heavy (non-hydrogen) atoms. The summed E-state index contributed by atoms with van der Waals surface area (Å²) in [5.41, 5.74) is 0.703. The molecule has 1 aliphatic heterocycles. The van der Waals surface area contributed by atoms with Crippen molar-refractivity contribution in [3.63, 3.8) is 0 Å². The van der Waals surface area contributed by atoms with Crippen LogP contribution in [0, 0.1) is 23.7 Å². The molecule has 6 nitrogen and oxygen atoms in total. The first-order valence-electron chi connectivity index (χ1n) is 9.13. The summed E-state index contributed by atoms with van der Waals surface area (Å²) in [5, 5.41) is 5.26. The monoisotopic (exact) mass is 354 g/mol. The standard InChI is InChI=1S/C20H22N2O4/c1-3-25-15-8-7-14(16(10-15)26-4-2)11-21-22-19(23)17-12-5-6-13(9-12)18(17)20(22)24/h5-8,10-13,17-18H,3-4,9H2,1-2H3. The lowest BCUT2D eigenvalue weighted by Crippen LogP contribution is -2.28. The van der Waals surface area contributed by atoms with Crippen LogP contribution in [0.15, 0.2) is 35.5 Å². The molecule has 6 heteroatoms. The van der Waals surface area contributed by atoms with Crippen molar-refractivity contribution in [1.29, 1.82) is 0 Å². The van der Waals surface area contributed by atoms with Gasteiger partial charge in [-0.15, -0.1) is 0 Å². The number of imide groups is 1. The number of hydrogen-bond acceptors (Lipinski definition) is 5. The van der Waals surface area contributed by atoms with Gasteiger partial charge in [0.25, 0.3) is 11.8 Å². The first-order chi connectivity index (χ1) is 12.6. The van der Waals surface area contributed by atoms with Crippen LogP contribution in [0.1, 0.15) is 25.8 Å². The zero-order chi connectivity index (χ0) is 18.3. The van der Waals surface area contributed by atoms with E-state index in [0.29, 0.717) is 30.3 Å². The molecule has 2 fully saturated rings. The predicted molar refractivity (Wildman–Crippen MR) is 95.9 cm³/mol. The molecular weight excluding hydrogens is 332 g/mol. The normalized spacial score (nSPS) is 29.1. The number of nitrogens with zero attached hydrogens (tertiary/aromatic N) is 2. The van der Waals surface area contributed by atoms with Gasteiger partial charge in [-0.05, 0) is 44.2 Å². The predicted octanol–water partition coefficient (Wildman–Crippen LogP) is 2.63. The molecule has 3 aliphatic rings. The van der Waals surface area contributed by atoms with E-state index in [0.717, 1.165) is 11.4 Å². The van der Waals surface area contributed by atoms with Crippen molar-refractivity contribution in [2.24, 2.45) is 28.8 Å². The summed E-state index contributed by atoms with van der Waals surface area (Å²) in [5.74, 6) is 0.857. The molecule has 4 atom stereocenters. The van der Waals surface area contributed by atoms with Crippen LogP contribution in [0.2, 0.25) is 0 Å². The number of hydrazone groups is 1. The molecule has 1 saturated carbocycles. The fraction of sp³-hybridized carbons (Fsp3) is 0.450. The van der Waals surface area contributed by atoms with Gasteiger partial charge < -0.3 is 9.47 Å². The van der Waals surface area contributed by atoms with E-state index >= 15 is 0 Å². The second-order valence-corrected chi connectivity index (χ2v) is 6.80. The van der Waals surface area contributed by atoms with E-state index in [9.17, 15) is 9.59 Å². The number of ether oxygens (including phenoxy) is 2. The SMILES string of the molecule is CCOc1ccc(C=NN2C(=O)C3C4C=CC(C4)C3C2=O)c(OCC)c1. The Hall–Kier alpha value is -2.63. The third-order valence-corrected chi connectivity index (χ3v) is 5.36. The number of fused-ring (bicyclic) bond motifs is 5. The largest absolute Gasteiger partial charge is 0.494 e. The van der Waals surface area contributed by atoms with Gasteiger partial charge in [0.05, 0.1) is 31.3 Å². The molecule has 0 radical (unpaired) electrons. The van der Waals surface area contributed by atoms with Crippen molar-refractivity contribution in [3.05, 3.63) is 35.9 Å². The van der Waals surface area contributed by atoms with Crippen molar-refractivity contribution in [3.8, 4) is 11.5 Å². The maximum atomic E-state index is 12.7. The van der Waals surface area contributed by atoms with Gasteiger partial charge in [0.2, 0.25) is 0 Å². The Kier molecular flexibility index (Phi) is 4.26. The molecule has 2 bridgehead atoms. The second kappa shape index (κ2) is 6.59. The first-order valence-corrected chi connectivity index (χ1v) is 9.13. The van der Waals surface area contributed by atoms with Crippen LogP contribution >= 0.6 is 0 Å². The molecule has 2 amide bonds. The van der Waals surface area contributed by atoms with Gasteiger partial charge in [0, 0.05) is 11.6 Å². The van der Waals surface area contributed by atoms with Crippen molar-refractivity contribution < 1.29 is 19.1 Å². The molecule has 0 spiro atoms. The van der Waals surface area contributed by atoms with E-state index in [-0.39, 0.29) is 35.5 Å². The molecule has 1 saturated heterocycles. The number of rotatable bonds is 6. The molecule has 4 unspecified atom stereocenters. The topological polar surface area (TPSA) is 68.2 Å². The first kappa shape index (κ1) is 16.8. The number of hydrogen-bond donors (Lipinski definition) is 0. The van der Waals surface area contributed by atoms with Gasteiger partial charge >= 0.3 is 0 Å². The van der Waals surface area contributed by atoms with Crippen LogP contribution in [0.3, 0.4) is 0 Å². The summed E-state index contributed by atoms with van der Waals surface area (Å²) in [6.07, 6.45) is 6.58. The van der Waals surface area contributed by atoms with Crippen molar-refractivity contribution in [2.45, 2.75) is 20.3 Å². The van der Waals surface area contributed by atoms with Crippen LogP contribution in [-0.4, -0.2) is 36.3 Å². The van der Waals surface area contributed by atoms with Gasteiger partial charge in [-0.3, -0.25) is 9.59 Å². The van der Waals surface area contributed by atoms with Crippen LogP contribution < -0.4 is 9.47 Å². The van der Waals surface area contributed by atoms with Crippen molar-refractivity contribution >= 4 is 18.0 Å². The van der Waals surface area contributed by atoms with Crippen LogP contribution in [0.25, 0.3) is 0 Å². The highest BCUT2D eigenvalue weighted by atomic mass is 16.5. The van der Waals surface area contributed by atoms with E-state index in [1.54, 1.807) is 6.07 Å². The highest BCUT2D eigenvalue weighted by Crippen LogP contribution is 2.52. The third-order valence-electron chi connectivity index (χ3n) is 5.36. The lowest BCUT2D eigenvalue weighted by atomic mass is 9.85. The maximum absolute atomic E-state index is 12.7. The average molecular weight is 354 g/mol. The molecule has 1 aromatic carbocycles. The van der Waals surface area contributed by atoms with E-state index in [2.05, 4.69) is 17.3 Å². The Balaban J connectivity index is 1.57. The highest BCUT2D eigenvalue weighted by molar-refractivity contribution is 6.06. The molecule has 1 heterocycles. The minimum atomic E-state index is -0.235. The Bertz CT molecular complexity index is 771. The molecule has 0 N–H and O–H groups in total. The number of allylic oxidation sites excluding steroid dienone is 2. The number of carbonyl (C=O) groups excluding carboxylic acids is 2. The van der Waals surface area contributed by atoms with E-state index in [1.165, 1.54) is 6.21 Å². The minimum Gasteiger partial charge on any atom is -0.494 e. The smallest absolute Gasteiger partial charge is 0.254 e. The Labute approximate surface area is 152 Å². The zero-order valence-electron chi connectivity index (χ0n) is 14.9. The molecule has 1 aromatic rings. The Morgan fingerprint density at radius 1 is 1.08 bits per heavy atom. The number of benzene rings is 1. The Morgan fingerprint density at radius 3 is 2.35 bits per heavy atom. The van der Waals surface area contributed by atoms with E-state index in [4.69, 9.17) is 9.47 Å². The fourth-order valence-corrected chi connectivity index (χ4v) is 4.28. The van der Waals surface area contributed by atoms with Crippen molar-refractivity contribution in [2.75, 3.05) is 13.2 Å². The Morgan fingerprint density at radius 2 is 1.73 bits per heavy atom. The van der Waals surface area contributed by atoms with Gasteiger partial charge in [0.15, 0.2) is 0 Å². The molecule has 0 aromatic heterocycles.